The van der Waals surface area contributed by atoms with E-state index < -0.39 is 0 Å². The van der Waals surface area contributed by atoms with Gasteiger partial charge < -0.3 is 10.2 Å². The maximum atomic E-state index is 14.1. The zero-order chi connectivity index (χ0) is 27.4. The number of piperidine rings is 1. The first-order valence-corrected chi connectivity index (χ1v) is 15.1. The normalized spacial score (nSPS) is 34.4. The van der Waals surface area contributed by atoms with Crippen molar-refractivity contribution in [3.63, 3.8) is 0 Å². The van der Waals surface area contributed by atoms with Crippen molar-refractivity contribution in [2.24, 2.45) is 34.5 Å². The van der Waals surface area contributed by atoms with Crippen molar-refractivity contribution in [2.75, 3.05) is 7.05 Å². The molecule has 1 saturated heterocycles. The molecular weight excluding hydrogens is 480 g/mol. The minimum absolute atomic E-state index is 0.0326. The van der Waals surface area contributed by atoms with E-state index in [1.54, 1.807) is 0 Å². The van der Waals surface area contributed by atoms with E-state index in [2.05, 4.69) is 80.7 Å². The molecule has 7 atom stereocenters. The van der Waals surface area contributed by atoms with E-state index in [4.69, 9.17) is 0 Å². The molecule has 0 spiro atoms. The lowest BCUT2D eigenvalue weighted by molar-refractivity contribution is -0.138. The van der Waals surface area contributed by atoms with Gasteiger partial charge in [0.25, 0.3) is 0 Å². The maximum absolute atomic E-state index is 14.1. The van der Waals surface area contributed by atoms with Gasteiger partial charge in [-0.2, -0.15) is 0 Å². The van der Waals surface area contributed by atoms with Gasteiger partial charge in [0.2, 0.25) is 11.8 Å². The molecule has 4 heteroatoms. The summed E-state index contributed by atoms with van der Waals surface area (Å²) in [7, 11) is 1.97. The molecule has 2 aromatic carbocycles. The topological polar surface area (TPSA) is 49.4 Å². The standard InChI is InChI=1S/C35H44N2O2/c1-23-10-12-24(13-11-23)22-30(25-8-6-5-7-9-25)36-33(39)29-16-15-27-26-14-17-31-35(3,21-19-32(38)37(31)4)28(26)18-20-34(27,29)2/h5-13,17,26-30H,14-16,18-22H2,1-4H3,(H,36,39)/t26-,27-,28-,29+,30?,34-,35+/m0/s1. The number of rotatable bonds is 5. The lowest BCUT2D eigenvalue weighted by Crippen LogP contribution is -2.54. The Morgan fingerprint density at radius 1 is 1.00 bits per heavy atom. The van der Waals surface area contributed by atoms with Crippen LogP contribution in [0.5, 0.6) is 0 Å². The number of hydrogen-bond donors (Lipinski definition) is 1. The Labute approximate surface area is 234 Å². The molecule has 1 aliphatic heterocycles. The van der Waals surface area contributed by atoms with Crippen LogP contribution in [0.4, 0.5) is 0 Å². The van der Waals surface area contributed by atoms with E-state index in [9.17, 15) is 9.59 Å². The van der Waals surface area contributed by atoms with Gasteiger partial charge in [0.15, 0.2) is 0 Å². The Kier molecular flexibility index (Phi) is 6.72. The number of nitrogens with one attached hydrogen (secondary N) is 1. The molecule has 2 saturated carbocycles. The molecule has 3 fully saturated rings. The molecule has 2 aromatic rings. The molecule has 4 aliphatic rings. The Morgan fingerprint density at radius 3 is 2.49 bits per heavy atom. The highest BCUT2D eigenvalue weighted by Crippen LogP contribution is 2.66. The van der Waals surface area contributed by atoms with Crippen molar-refractivity contribution in [3.8, 4) is 0 Å². The molecular formula is C35H44N2O2. The minimum atomic E-state index is -0.0326. The third-order valence-corrected chi connectivity index (χ3v) is 11.4. The number of allylic oxidation sites excluding steroid dienone is 2. The van der Waals surface area contributed by atoms with E-state index in [1.807, 2.05) is 18.0 Å². The number of aryl methyl sites for hydroxylation is 1. The van der Waals surface area contributed by atoms with Gasteiger partial charge in [-0.25, -0.2) is 0 Å². The summed E-state index contributed by atoms with van der Waals surface area (Å²) in [6, 6.07) is 19.1. The Balaban J connectivity index is 1.22. The van der Waals surface area contributed by atoms with Crippen molar-refractivity contribution in [3.05, 3.63) is 83.1 Å². The molecule has 39 heavy (non-hydrogen) atoms. The van der Waals surface area contributed by atoms with Crippen LogP contribution >= 0.6 is 0 Å². The first-order chi connectivity index (χ1) is 18.7. The van der Waals surface area contributed by atoms with Gasteiger partial charge in [0.05, 0.1) is 6.04 Å². The van der Waals surface area contributed by atoms with Crippen LogP contribution in [0.1, 0.15) is 81.5 Å². The second kappa shape index (κ2) is 9.94. The molecule has 4 nitrogen and oxygen atoms in total. The Bertz CT molecular complexity index is 1270. The molecule has 0 radical (unpaired) electrons. The highest BCUT2D eigenvalue weighted by atomic mass is 16.2. The van der Waals surface area contributed by atoms with Gasteiger partial charge >= 0.3 is 0 Å². The summed E-state index contributed by atoms with van der Waals surface area (Å²) in [5.41, 5.74) is 5.06. The fraction of sp³-hybridized carbons (Fsp3) is 0.543. The molecule has 2 amide bonds. The third kappa shape index (κ3) is 4.44. The van der Waals surface area contributed by atoms with Crippen molar-refractivity contribution in [1.29, 1.82) is 0 Å². The fourth-order valence-corrected chi connectivity index (χ4v) is 9.18. The number of nitrogens with zero attached hydrogens (tertiary/aromatic N) is 1. The zero-order valence-electron chi connectivity index (χ0n) is 24.1. The molecule has 1 N–H and O–H groups in total. The van der Waals surface area contributed by atoms with Gasteiger partial charge in [0, 0.05) is 30.5 Å². The highest BCUT2D eigenvalue weighted by Gasteiger charge is 2.60. The van der Waals surface area contributed by atoms with Crippen LogP contribution in [0.15, 0.2) is 66.4 Å². The lowest BCUT2D eigenvalue weighted by Gasteiger charge is -2.58. The van der Waals surface area contributed by atoms with Crippen molar-refractivity contribution in [1.82, 2.24) is 10.2 Å². The molecule has 0 bridgehead atoms. The molecule has 0 aromatic heterocycles. The summed E-state index contributed by atoms with van der Waals surface area (Å²) >= 11 is 0. The maximum Gasteiger partial charge on any atom is 0.226 e. The fourth-order valence-electron chi connectivity index (χ4n) is 9.18. The number of carbonyl (C=O) groups excluding carboxylic acids is 2. The third-order valence-electron chi connectivity index (χ3n) is 11.4. The summed E-state index contributed by atoms with van der Waals surface area (Å²) in [5, 5.41) is 3.54. The molecule has 3 aliphatic carbocycles. The summed E-state index contributed by atoms with van der Waals surface area (Å²) in [4.78, 5) is 28.5. The van der Waals surface area contributed by atoms with E-state index in [1.165, 1.54) is 22.4 Å². The van der Waals surface area contributed by atoms with Crippen LogP contribution in [0.2, 0.25) is 0 Å². The number of hydrogen-bond acceptors (Lipinski definition) is 2. The average molecular weight is 525 g/mol. The Morgan fingerprint density at radius 2 is 1.74 bits per heavy atom. The summed E-state index contributed by atoms with van der Waals surface area (Å²) in [5.74, 6) is 2.33. The second-order valence-corrected chi connectivity index (χ2v) is 13.4. The van der Waals surface area contributed by atoms with Gasteiger partial charge in [-0.15, -0.1) is 0 Å². The highest BCUT2D eigenvalue weighted by molar-refractivity contribution is 5.81. The van der Waals surface area contributed by atoms with Crippen molar-refractivity contribution < 1.29 is 9.59 Å². The van der Waals surface area contributed by atoms with Gasteiger partial charge in [-0.05, 0) is 86.2 Å². The van der Waals surface area contributed by atoms with Crippen LogP contribution in [0.25, 0.3) is 0 Å². The second-order valence-electron chi connectivity index (χ2n) is 13.4. The molecule has 206 valence electrons. The molecule has 1 unspecified atom stereocenters. The number of likely N-dealkylation sites (tertiary alicyclic amines) is 1. The smallest absolute Gasteiger partial charge is 0.226 e. The number of amides is 2. The summed E-state index contributed by atoms with van der Waals surface area (Å²) in [6.45, 7) is 6.94. The lowest BCUT2D eigenvalue weighted by atomic mass is 9.49. The minimum Gasteiger partial charge on any atom is -0.349 e. The average Bonchev–Trinajstić information content (AvgIpc) is 3.30. The van der Waals surface area contributed by atoms with Gasteiger partial charge in [-0.1, -0.05) is 80.1 Å². The van der Waals surface area contributed by atoms with Gasteiger partial charge in [-0.3, -0.25) is 9.59 Å². The van der Waals surface area contributed by atoms with Crippen LogP contribution < -0.4 is 5.32 Å². The van der Waals surface area contributed by atoms with E-state index in [-0.39, 0.29) is 34.6 Å². The molecule has 6 rings (SSSR count). The summed E-state index contributed by atoms with van der Waals surface area (Å²) < 4.78 is 0. The van der Waals surface area contributed by atoms with E-state index in [0.717, 1.165) is 44.9 Å². The quantitative estimate of drug-likeness (QED) is 0.458. The van der Waals surface area contributed by atoms with Crippen LogP contribution in [-0.2, 0) is 16.0 Å². The predicted octanol–water partition coefficient (Wildman–Crippen LogP) is 7.00. The van der Waals surface area contributed by atoms with Crippen LogP contribution in [-0.4, -0.2) is 23.8 Å². The zero-order valence-corrected chi connectivity index (χ0v) is 24.1. The largest absolute Gasteiger partial charge is 0.349 e. The van der Waals surface area contributed by atoms with Crippen LogP contribution in [0.3, 0.4) is 0 Å². The Hall–Kier alpha value is -2.88. The number of fused-ring (bicyclic) bond motifs is 5. The van der Waals surface area contributed by atoms with Gasteiger partial charge in [0.1, 0.15) is 0 Å². The summed E-state index contributed by atoms with van der Waals surface area (Å²) in [6.07, 6.45) is 10.2. The van der Waals surface area contributed by atoms with E-state index in [0.29, 0.717) is 24.2 Å². The number of carbonyl (C=O) groups is 2. The molecule has 1 heterocycles. The predicted molar refractivity (Wildman–Crippen MR) is 156 cm³/mol. The van der Waals surface area contributed by atoms with Crippen LogP contribution in [0, 0.1) is 41.4 Å². The van der Waals surface area contributed by atoms with Crippen molar-refractivity contribution >= 4 is 11.8 Å². The van der Waals surface area contributed by atoms with Crippen molar-refractivity contribution in [2.45, 2.75) is 78.2 Å². The monoisotopic (exact) mass is 524 g/mol. The first kappa shape index (κ1) is 26.3. The first-order valence-electron chi connectivity index (χ1n) is 15.1. The SMILES string of the molecule is Cc1ccc(CC(NC(=O)[C@H]2CC[C@H]3[C@@H]4CC=C5N(C)C(=O)CC[C@]5(C)[C@H]4CC[C@]23C)c2ccccc2)cc1. The van der Waals surface area contributed by atoms with E-state index >= 15 is 0 Å². The number of benzene rings is 2.